The lowest BCUT2D eigenvalue weighted by atomic mass is 10.2. The van der Waals surface area contributed by atoms with E-state index in [1.54, 1.807) is 0 Å². The van der Waals surface area contributed by atoms with E-state index in [0.29, 0.717) is 13.0 Å². The molecule has 0 fully saturated rings. The van der Waals surface area contributed by atoms with Crippen LogP contribution in [0.3, 0.4) is 0 Å². The number of esters is 1. The molecule has 3 nitrogen and oxygen atoms in total. The third-order valence-electron chi connectivity index (χ3n) is 2.30. The van der Waals surface area contributed by atoms with Gasteiger partial charge in [0.2, 0.25) is 0 Å². The van der Waals surface area contributed by atoms with Crippen LogP contribution in [0, 0.1) is 0 Å². The van der Waals surface area contributed by atoms with E-state index in [1.165, 1.54) is 0 Å². The van der Waals surface area contributed by atoms with E-state index in [0.717, 1.165) is 32.5 Å². The molecule has 0 aromatic carbocycles. The SMILES string of the molecule is CCCCC(=O)OCCN(CC)CC. The highest BCUT2D eigenvalue weighted by Gasteiger charge is 2.03. The van der Waals surface area contributed by atoms with Gasteiger partial charge in [-0.3, -0.25) is 4.79 Å². The first kappa shape index (κ1) is 13.4. The number of carbonyl (C=O) groups excluding carboxylic acids is 1. The molecule has 0 rings (SSSR count). The van der Waals surface area contributed by atoms with E-state index in [9.17, 15) is 4.79 Å². The maximum absolute atomic E-state index is 11.1. The molecule has 0 aliphatic carbocycles. The normalized spacial score (nSPS) is 10.6. The molecule has 14 heavy (non-hydrogen) atoms. The number of hydrogen-bond acceptors (Lipinski definition) is 3. The van der Waals surface area contributed by atoms with Gasteiger partial charge < -0.3 is 9.64 Å². The van der Waals surface area contributed by atoms with Gasteiger partial charge in [-0.25, -0.2) is 0 Å². The summed E-state index contributed by atoms with van der Waals surface area (Å²) >= 11 is 0. The van der Waals surface area contributed by atoms with Crippen LogP contribution in [0.1, 0.15) is 40.0 Å². The second-order valence-electron chi connectivity index (χ2n) is 3.35. The van der Waals surface area contributed by atoms with Crippen LogP contribution in [0.2, 0.25) is 0 Å². The van der Waals surface area contributed by atoms with Crippen molar-refractivity contribution in [1.29, 1.82) is 0 Å². The van der Waals surface area contributed by atoms with Crippen LogP contribution < -0.4 is 0 Å². The highest BCUT2D eigenvalue weighted by atomic mass is 16.5. The van der Waals surface area contributed by atoms with Crippen molar-refractivity contribution in [1.82, 2.24) is 4.90 Å². The summed E-state index contributed by atoms with van der Waals surface area (Å²) in [6.45, 7) is 9.72. The van der Waals surface area contributed by atoms with E-state index < -0.39 is 0 Å². The molecule has 0 aromatic heterocycles. The summed E-state index contributed by atoms with van der Waals surface area (Å²) in [7, 11) is 0. The zero-order valence-corrected chi connectivity index (χ0v) is 9.71. The zero-order chi connectivity index (χ0) is 10.8. The number of unbranched alkanes of at least 4 members (excludes halogenated alkanes) is 1. The Morgan fingerprint density at radius 1 is 1.21 bits per heavy atom. The minimum Gasteiger partial charge on any atom is -0.464 e. The van der Waals surface area contributed by atoms with Crippen molar-refractivity contribution in [3.05, 3.63) is 0 Å². The molecular weight excluding hydrogens is 178 g/mol. The van der Waals surface area contributed by atoms with E-state index >= 15 is 0 Å². The van der Waals surface area contributed by atoms with E-state index in [-0.39, 0.29) is 5.97 Å². The number of nitrogens with zero attached hydrogens (tertiary/aromatic N) is 1. The average Bonchev–Trinajstić information content (AvgIpc) is 2.21. The van der Waals surface area contributed by atoms with Crippen LogP contribution in [0.15, 0.2) is 0 Å². The monoisotopic (exact) mass is 201 g/mol. The Morgan fingerprint density at radius 3 is 2.36 bits per heavy atom. The largest absolute Gasteiger partial charge is 0.464 e. The second-order valence-corrected chi connectivity index (χ2v) is 3.35. The molecule has 0 amide bonds. The lowest BCUT2D eigenvalue weighted by molar-refractivity contribution is -0.144. The van der Waals surface area contributed by atoms with Crippen LogP contribution in [0.25, 0.3) is 0 Å². The molecule has 0 atom stereocenters. The van der Waals surface area contributed by atoms with Crippen molar-refractivity contribution in [3.63, 3.8) is 0 Å². The summed E-state index contributed by atoms with van der Waals surface area (Å²) in [5, 5.41) is 0. The maximum Gasteiger partial charge on any atom is 0.305 e. The number of carbonyl (C=O) groups is 1. The molecular formula is C11H23NO2. The molecule has 84 valence electrons. The predicted octanol–water partition coefficient (Wildman–Crippen LogP) is 2.06. The van der Waals surface area contributed by atoms with Crippen molar-refractivity contribution in [2.45, 2.75) is 40.0 Å². The molecule has 0 bridgehead atoms. The molecule has 0 saturated heterocycles. The Morgan fingerprint density at radius 2 is 1.86 bits per heavy atom. The summed E-state index contributed by atoms with van der Waals surface area (Å²) < 4.78 is 5.10. The first-order chi connectivity index (χ1) is 6.74. The molecule has 0 unspecified atom stereocenters. The van der Waals surface area contributed by atoms with Crippen molar-refractivity contribution in [2.24, 2.45) is 0 Å². The number of hydrogen-bond donors (Lipinski definition) is 0. The highest BCUT2D eigenvalue weighted by molar-refractivity contribution is 5.69. The molecule has 0 aromatic rings. The minimum absolute atomic E-state index is 0.0565. The molecule has 0 spiro atoms. The smallest absolute Gasteiger partial charge is 0.305 e. The summed E-state index contributed by atoms with van der Waals surface area (Å²) in [6, 6.07) is 0. The van der Waals surface area contributed by atoms with Crippen molar-refractivity contribution >= 4 is 5.97 Å². The van der Waals surface area contributed by atoms with Crippen LogP contribution in [-0.2, 0) is 9.53 Å². The van der Waals surface area contributed by atoms with E-state index in [1.807, 2.05) is 0 Å². The van der Waals surface area contributed by atoms with Gasteiger partial charge >= 0.3 is 5.97 Å². The topological polar surface area (TPSA) is 29.5 Å². The summed E-state index contributed by atoms with van der Waals surface area (Å²) in [5.74, 6) is -0.0565. The van der Waals surface area contributed by atoms with E-state index in [2.05, 4.69) is 25.7 Å². The standard InChI is InChI=1S/C11H23NO2/c1-4-7-8-11(13)14-10-9-12(5-2)6-3/h4-10H2,1-3H3. The molecule has 0 N–H and O–H groups in total. The predicted molar refractivity (Wildman–Crippen MR) is 58.3 cm³/mol. The quantitative estimate of drug-likeness (QED) is 0.563. The Labute approximate surface area is 87.4 Å². The van der Waals surface area contributed by atoms with Gasteiger partial charge in [0, 0.05) is 13.0 Å². The Hall–Kier alpha value is -0.570. The summed E-state index contributed by atoms with van der Waals surface area (Å²) in [4.78, 5) is 13.4. The van der Waals surface area contributed by atoms with Gasteiger partial charge in [0.25, 0.3) is 0 Å². The van der Waals surface area contributed by atoms with Crippen molar-refractivity contribution < 1.29 is 9.53 Å². The molecule has 0 radical (unpaired) electrons. The van der Waals surface area contributed by atoms with Gasteiger partial charge in [-0.05, 0) is 19.5 Å². The number of ether oxygens (including phenoxy) is 1. The molecule has 3 heteroatoms. The van der Waals surface area contributed by atoms with E-state index in [4.69, 9.17) is 4.74 Å². The molecule has 0 heterocycles. The minimum atomic E-state index is -0.0565. The van der Waals surface area contributed by atoms with Crippen molar-refractivity contribution in [2.75, 3.05) is 26.2 Å². The molecule has 0 aliphatic heterocycles. The summed E-state index contributed by atoms with van der Waals surface area (Å²) in [6.07, 6.45) is 2.55. The third-order valence-corrected chi connectivity index (χ3v) is 2.30. The Bertz CT molecular complexity index is 144. The number of rotatable bonds is 8. The Balaban J connectivity index is 3.38. The fourth-order valence-corrected chi connectivity index (χ4v) is 1.22. The second kappa shape index (κ2) is 9.00. The van der Waals surface area contributed by atoms with Crippen molar-refractivity contribution in [3.8, 4) is 0 Å². The van der Waals surface area contributed by atoms with Gasteiger partial charge in [0.1, 0.15) is 6.61 Å². The van der Waals surface area contributed by atoms with Gasteiger partial charge in [-0.1, -0.05) is 27.2 Å². The lowest BCUT2D eigenvalue weighted by Gasteiger charge is -2.17. The van der Waals surface area contributed by atoms with Gasteiger partial charge in [0.05, 0.1) is 0 Å². The average molecular weight is 201 g/mol. The van der Waals surface area contributed by atoms with Crippen LogP contribution in [0.5, 0.6) is 0 Å². The van der Waals surface area contributed by atoms with Gasteiger partial charge in [-0.2, -0.15) is 0 Å². The fraction of sp³-hybridized carbons (Fsp3) is 0.909. The van der Waals surface area contributed by atoms with Crippen LogP contribution in [-0.4, -0.2) is 37.1 Å². The zero-order valence-electron chi connectivity index (χ0n) is 9.71. The van der Waals surface area contributed by atoms with Gasteiger partial charge in [0.15, 0.2) is 0 Å². The van der Waals surface area contributed by atoms with Crippen LogP contribution >= 0.6 is 0 Å². The summed E-state index contributed by atoms with van der Waals surface area (Å²) in [5.41, 5.74) is 0. The molecule has 0 aliphatic rings. The molecule has 0 saturated carbocycles. The number of likely N-dealkylation sites (N-methyl/N-ethyl adjacent to an activating group) is 1. The Kier molecular flexibility index (Phi) is 8.64. The van der Waals surface area contributed by atoms with Crippen LogP contribution in [0.4, 0.5) is 0 Å². The first-order valence-corrected chi connectivity index (χ1v) is 5.62. The highest BCUT2D eigenvalue weighted by Crippen LogP contribution is 1.96. The lowest BCUT2D eigenvalue weighted by Crippen LogP contribution is -2.27. The first-order valence-electron chi connectivity index (χ1n) is 5.62. The maximum atomic E-state index is 11.1. The fourth-order valence-electron chi connectivity index (χ4n) is 1.22. The third kappa shape index (κ3) is 6.89. The van der Waals surface area contributed by atoms with Gasteiger partial charge in [-0.15, -0.1) is 0 Å².